The van der Waals surface area contributed by atoms with Crippen molar-refractivity contribution in [1.29, 1.82) is 0 Å². The number of imidazole rings is 1. The summed E-state index contributed by atoms with van der Waals surface area (Å²) in [6.07, 6.45) is 3.15. The number of nitrogen functional groups attached to an aromatic ring is 1. The Labute approximate surface area is 174 Å². The third-order valence-corrected chi connectivity index (χ3v) is 4.71. The van der Waals surface area contributed by atoms with Gasteiger partial charge in [-0.25, -0.2) is 15.0 Å². The molecular formula is C20H25ClN6O2. The van der Waals surface area contributed by atoms with Crippen LogP contribution in [0.4, 0.5) is 5.82 Å². The molecule has 0 unspecified atom stereocenters. The zero-order valence-corrected chi connectivity index (χ0v) is 17.4. The van der Waals surface area contributed by atoms with Crippen LogP contribution in [0.3, 0.4) is 0 Å². The molecule has 0 aliphatic carbocycles. The highest BCUT2D eigenvalue weighted by molar-refractivity contribution is 6.29. The third kappa shape index (κ3) is 5.21. The summed E-state index contributed by atoms with van der Waals surface area (Å²) in [5.41, 5.74) is 9.06. The number of anilines is 1. The number of aryl methyl sites for hydroxylation is 2. The van der Waals surface area contributed by atoms with E-state index >= 15 is 0 Å². The van der Waals surface area contributed by atoms with Gasteiger partial charge in [0, 0.05) is 31.6 Å². The average molecular weight is 417 g/mol. The van der Waals surface area contributed by atoms with Gasteiger partial charge in [-0.15, -0.1) is 0 Å². The molecule has 0 aliphatic rings. The predicted octanol–water partition coefficient (Wildman–Crippen LogP) is 3.12. The van der Waals surface area contributed by atoms with E-state index in [1.807, 2.05) is 19.9 Å². The lowest BCUT2D eigenvalue weighted by atomic mass is 10.2. The lowest BCUT2D eigenvalue weighted by Crippen LogP contribution is -2.24. The van der Waals surface area contributed by atoms with Crippen LogP contribution in [0.15, 0.2) is 24.4 Å². The Morgan fingerprint density at radius 3 is 2.86 bits per heavy atom. The number of amides is 1. The molecule has 3 aromatic rings. The molecule has 1 amide bonds. The quantitative estimate of drug-likeness (QED) is 0.410. The van der Waals surface area contributed by atoms with Gasteiger partial charge < -0.3 is 20.4 Å². The number of unbranched alkanes of at least 4 members (excludes halogenated alkanes) is 1. The summed E-state index contributed by atoms with van der Waals surface area (Å²) in [6, 6.07) is 5.25. The Hall–Kier alpha value is -2.71. The highest BCUT2D eigenvalue weighted by atomic mass is 35.5. The SMILES string of the molecule is CCOCc1nc2c(N)nc(C)cc2n1CCCCNC(=O)c1ccc(Cl)nc1. The summed E-state index contributed by atoms with van der Waals surface area (Å²) in [6.45, 7) is 6.21. The van der Waals surface area contributed by atoms with Crippen molar-refractivity contribution in [2.24, 2.45) is 0 Å². The molecule has 3 aromatic heterocycles. The monoisotopic (exact) mass is 416 g/mol. The Morgan fingerprint density at radius 2 is 2.14 bits per heavy atom. The van der Waals surface area contributed by atoms with E-state index in [9.17, 15) is 4.79 Å². The van der Waals surface area contributed by atoms with E-state index in [-0.39, 0.29) is 5.91 Å². The molecule has 3 rings (SSSR count). The molecule has 0 spiro atoms. The molecular weight excluding hydrogens is 392 g/mol. The predicted molar refractivity (Wildman–Crippen MR) is 113 cm³/mol. The van der Waals surface area contributed by atoms with Crippen LogP contribution in [0.25, 0.3) is 11.0 Å². The number of carbonyl (C=O) groups is 1. The number of fused-ring (bicyclic) bond motifs is 1. The second-order valence-corrected chi connectivity index (χ2v) is 7.05. The molecule has 9 heteroatoms. The van der Waals surface area contributed by atoms with Gasteiger partial charge in [0.15, 0.2) is 5.82 Å². The first-order valence-electron chi connectivity index (χ1n) is 9.59. The van der Waals surface area contributed by atoms with Gasteiger partial charge in [0.05, 0.1) is 11.1 Å². The van der Waals surface area contributed by atoms with Gasteiger partial charge in [-0.1, -0.05) is 11.6 Å². The number of nitrogens with two attached hydrogens (primary N) is 1. The van der Waals surface area contributed by atoms with Gasteiger partial charge in [0.25, 0.3) is 5.91 Å². The van der Waals surface area contributed by atoms with E-state index in [4.69, 9.17) is 22.1 Å². The van der Waals surface area contributed by atoms with Crippen LogP contribution >= 0.6 is 11.6 Å². The normalized spacial score (nSPS) is 11.1. The standard InChI is InChI=1S/C20H25ClN6O2/c1-3-29-12-17-26-18-15(10-13(2)25-19(18)22)27(17)9-5-4-8-23-20(28)14-6-7-16(21)24-11-14/h6-7,10-11H,3-5,8-9,12H2,1-2H3,(H2,22,25)(H,23,28). The van der Waals surface area contributed by atoms with E-state index in [1.54, 1.807) is 12.1 Å². The topological polar surface area (TPSA) is 108 Å². The number of pyridine rings is 2. The highest BCUT2D eigenvalue weighted by Gasteiger charge is 2.14. The first kappa shape index (κ1) is 21.0. The van der Waals surface area contributed by atoms with Gasteiger partial charge in [0.2, 0.25) is 0 Å². The fourth-order valence-electron chi connectivity index (χ4n) is 3.08. The second kappa shape index (κ2) is 9.67. The summed E-state index contributed by atoms with van der Waals surface area (Å²) < 4.78 is 7.69. The number of halogens is 1. The van der Waals surface area contributed by atoms with Crippen molar-refractivity contribution >= 4 is 34.4 Å². The fourth-order valence-corrected chi connectivity index (χ4v) is 3.20. The van der Waals surface area contributed by atoms with Crippen molar-refractivity contribution in [3.63, 3.8) is 0 Å². The second-order valence-electron chi connectivity index (χ2n) is 6.67. The number of hydrogen-bond donors (Lipinski definition) is 2. The Balaban J connectivity index is 1.60. The maximum atomic E-state index is 12.1. The van der Waals surface area contributed by atoms with E-state index in [0.717, 1.165) is 36.4 Å². The Morgan fingerprint density at radius 1 is 1.31 bits per heavy atom. The number of aromatic nitrogens is 4. The smallest absolute Gasteiger partial charge is 0.252 e. The molecule has 154 valence electrons. The summed E-state index contributed by atoms with van der Waals surface area (Å²) in [5, 5.41) is 3.27. The lowest BCUT2D eigenvalue weighted by Gasteiger charge is -2.10. The largest absolute Gasteiger partial charge is 0.382 e. The molecule has 0 atom stereocenters. The van der Waals surface area contributed by atoms with Crippen LogP contribution in [0.5, 0.6) is 0 Å². The van der Waals surface area contributed by atoms with Crippen molar-refractivity contribution in [3.8, 4) is 0 Å². The van der Waals surface area contributed by atoms with Crippen molar-refractivity contribution in [1.82, 2.24) is 24.8 Å². The van der Waals surface area contributed by atoms with Crippen molar-refractivity contribution < 1.29 is 9.53 Å². The van der Waals surface area contributed by atoms with E-state index in [0.29, 0.717) is 41.8 Å². The number of nitrogens with one attached hydrogen (secondary N) is 1. The summed E-state index contributed by atoms with van der Waals surface area (Å²) in [7, 11) is 0. The zero-order valence-electron chi connectivity index (χ0n) is 16.6. The highest BCUT2D eigenvalue weighted by Crippen LogP contribution is 2.22. The summed E-state index contributed by atoms with van der Waals surface area (Å²) in [4.78, 5) is 25.0. The van der Waals surface area contributed by atoms with Crippen LogP contribution in [-0.2, 0) is 17.9 Å². The van der Waals surface area contributed by atoms with Crippen molar-refractivity contribution in [2.45, 2.75) is 39.8 Å². The van der Waals surface area contributed by atoms with Crippen molar-refractivity contribution in [2.75, 3.05) is 18.9 Å². The number of nitrogens with zero attached hydrogens (tertiary/aromatic N) is 4. The van der Waals surface area contributed by atoms with Crippen LogP contribution in [0, 0.1) is 6.92 Å². The molecule has 0 radical (unpaired) electrons. The van der Waals surface area contributed by atoms with E-state index in [2.05, 4.69) is 24.8 Å². The minimum atomic E-state index is -0.159. The van der Waals surface area contributed by atoms with Gasteiger partial charge in [-0.05, 0) is 44.9 Å². The molecule has 0 aliphatic heterocycles. The minimum Gasteiger partial charge on any atom is -0.382 e. The number of carbonyl (C=O) groups excluding carboxylic acids is 1. The maximum absolute atomic E-state index is 12.1. The number of rotatable bonds is 9. The number of hydrogen-bond acceptors (Lipinski definition) is 6. The van der Waals surface area contributed by atoms with E-state index < -0.39 is 0 Å². The molecule has 3 N–H and O–H groups in total. The van der Waals surface area contributed by atoms with Gasteiger partial charge in [-0.2, -0.15) is 0 Å². The minimum absolute atomic E-state index is 0.159. The molecule has 8 nitrogen and oxygen atoms in total. The Bertz CT molecular complexity index is 987. The van der Waals surface area contributed by atoms with Crippen LogP contribution < -0.4 is 11.1 Å². The van der Waals surface area contributed by atoms with Gasteiger partial charge >= 0.3 is 0 Å². The molecule has 0 saturated carbocycles. The molecule has 0 saturated heterocycles. The fraction of sp³-hybridized carbons (Fsp3) is 0.400. The first-order chi connectivity index (χ1) is 14.0. The Kier molecular flexibility index (Phi) is 7.00. The van der Waals surface area contributed by atoms with Crippen LogP contribution in [0.2, 0.25) is 5.15 Å². The maximum Gasteiger partial charge on any atom is 0.252 e. The lowest BCUT2D eigenvalue weighted by molar-refractivity contribution is 0.0952. The molecule has 29 heavy (non-hydrogen) atoms. The van der Waals surface area contributed by atoms with Crippen LogP contribution in [0.1, 0.15) is 41.6 Å². The molecule has 0 fully saturated rings. The molecule has 0 bridgehead atoms. The first-order valence-corrected chi connectivity index (χ1v) is 9.97. The van der Waals surface area contributed by atoms with Crippen molar-refractivity contribution in [3.05, 3.63) is 46.6 Å². The average Bonchev–Trinajstić information content (AvgIpc) is 3.04. The van der Waals surface area contributed by atoms with Gasteiger partial charge in [0.1, 0.15) is 23.1 Å². The summed E-state index contributed by atoms with van der Waals surface area (Å²) >= 11 is 5.75. The van der Waals surface area contributed by atoms with Crippen LogP contribution in [-0.4, -0.2) is 38.6 Å². The number of ether oxygens (including phenoxy) is 1. The van der Waals surface area contributed by atoms with E-state index in [1.165, 1.54) is 6.20 Å². The molecule has 3 heterocycles. The van der Waals surface area contributed by atoms with Gasteiger partial charge in [-0.3, -0.25) is 4.79 Å². The third-order valence-electron chi connectivity index (χ3n) is 4.49. The summed E-state index contributed by atoms with van der Waals surface area (Å²) in [5.74, 6) is 1.10. The zero-order chi connectivity index (χ0) is 20.8. The molecule has 0 aromatic carbocycles.